The zero-order valence-corrected chi connectivity index (χ0v) is 18.9. The summed E-state index contributed by atoms with van der Waals surface area (Å²) in [5, 5.41) is 0. The number of allylic oxidation sites excluding steroid dienone is 2. The molecule has 0 saturated heterocycles. The van der Waals surface area contributed by atoms with E-state index in [1.807, 2.05) is 0 Å². The third-order valence-corrected chi connectivity index (χ3v) is 4.57. The minimum Gasteiger partial charge on any atom is -0.303 e. The molecule has 0 aliphatic heterocycles. The molecule has 6 heteroatoms. The smallest absolute Gasteiger partial charge is 0.303 e. The molecule has 0 fully saturated rings. The Morgan fingerprint density at radius 2 is 1.04 bits per heavy atom. The maximum absolute atomic E-state index is 8.88. The first-order valence-electron chi connectivity index (χ1n) is 9.85. The molecule has 0 radical (unpaired) electrons. The Bertz CT molecular complexity index is 297. The molecule has 0 amide bonds. The number of unbranched alkanes of at least 4 members (excludes halogenated alkanes) is 12. The van der Waals surface area contributed by atoms with Crippen molar-refractivity contribution in [1.29, 1.82) is 0 Å². The van der Waals surface area contributed by atoms with E-state index in [2.05, 4.69) is 19.1 Å². The molecule has 0 bridgehead atoms. The molecule has 4 nitrogen and oxygen atoms in total. The van der Waals surface area contributed by atoms with Crippen molar-refractivity contribution in [3.8, 4) is 0 Å². The molecule has 24 heavy (non-hydrogen) atoms. The van der Waals surface area contributed by atoms with Crippen LogP contribution < -0.4 is 0 Å². The van der Waals surface area contributed by atoms with Crippen LogP contribution in [0.2, 0.25) is 3.67 Å². The van der Waals surface area contributed by atoms with Crippen LogP contribution in [-0.2, 0) is 4.57 Å². The van der Waals surface area contributed by atoms with Crippen LogP contribution in [0.4, 0.5) is 0 Å². The fourth-order valence-corrected chi connectivity index (χ4v) is 3.00. The average molecular weight is 372 g/mol. The summed E-state index contributed by atoms with van der Waals surface area (Å²) in [6.07, 6.45) is 24.8. The van der Waals surface area contributed by atoms with Crippen molar-refractivity contribution in [2.45, 2.75) is 100 Å². The van der Waals surface area contributed by atoms with Gasteiger partial charge in [0.2, 0.25) is 0 Å². The zero-order valence-electron chi connectivity index (χ0n) is 16.0. The van der Waals surface area contributed by atoms with Crippen LogP contribution in [0.25, 0.3) is 0 Å². The third-order valence-electron chi connectivity index (χ3n) is 3.87. The molecule has 140 valence electrons. The van der Waals surface area contributed by atoms with Gasteiger partial charge < -0.3 is 14.7 Å². The molecule has 0 unspecified atom stereocenters. The number of phosphoric acid groups is 1. The first-order chi connectivity index (χ1) is 11.4. The van der Waals surface area contributed by atoms with Gasteiger partial charge in [-0.1, -0.05) is 39.0 Å². The van der Waals surface area contributed by atoms with Crippen LogP contribution in [0.3, 0.4) is 0 Å². The zero-order chi connectivity index (χ0) is 18.5. The van der Waals surface area contributed by atoms with E-state index in [-0.39, 0.29) is 0 Å². The molecule has 0 aromatic heterocycles. The maximum atomic E-state index is 8.88. The molecule has 0 aromatic carbocycles. The molecule has 0 spiro atoms. The van der Waals surface area contributed by atoms with Gasteiger partial charge in [-0.3, -0.25) is 0 Å². The second kappa shape index (κ2) is 21.9. The molecule has 0 aromatic rings. The first kappa shape index (κ1) is 27.1. The Morgan fingerprint density at radius 3 is 1.42 bits per heavy atom. The molecular weight excluding hydrogens is 334 g/mol. The molecule has 0 heterocycles. The Kier molecular flexibility index (Phi) is 24.7. The van der Waals surface area contributed by atoms with Crippen LogP contribution in [0.15, 0.2) is 12.2 Å². The van der Waals surface area contributed by atoms with E-state index in [0.717, 1.165) is 0 Å². The predicted octanol–water partition coefficient (Wildman–Crippen LogP) is 5.68. The Hall–Kier alpha value is 0.850. The van der Waals surface area contributed by atoms with Crippen LogP contribution >= 0.6 is 7.82 Å². The van der Waals surface area contributed by atoms with Gasteiger partial charge in [0, 0.05) is 0 Å². The van der Waals surface area contributed by atoms with Crippen molar-refractivity contribution in [2.75, 3.05) is 0 Å². The largest absolute Gasteiger partial charge is 0.466 e. The number of hydrogen-bond acceptors (Lipinski definition) is 1. The second-order valence-electron chi connectivity index (χ2n) is 6.45. The van der Waals surface area contributed by atoms with Gasteiger partial charge in [0.15, 0.2) is 0 Å². The summed E-state index contributed by atoms with van der Waals surface area (Å²) in [6.45, 7) is 2.29. The number of rotatable bonds is 15. The molecule has 0 saturated carbocycles. The van der Waals surface area contributed by atoms with Gasteiger partial charge in [0.25, 0.3) is 0 Å². The van der Waals surface area contributed by atoms with E-state index < -0.39 is 7.82 Å². The fraction of sp³-hybridized carbons (Fsp3) is 0.889. The summed E-state index contributed by atoms with van der Waals surface area (Å²) >= 11 is 1.40. The molecule has 3 N–H and O–H groups in total. The van der Waals surface area contributed by atoms with Gasteiger partial charge in [-0.25, -0.2) is 4.57 Å². The fourth-order valence-electron chi connectivity index (χ4n) is 2.50. The normalized spacial score (nSPS) is 11.6. The Labute approximate surface area is 167 Å². The summed E-state index contributed by atoms with van der Waals surface area (Å²) < 4.78 is 10.4. The van der Waals surface area contributed by atoms with E-state index >= 15 is 0 Å². The maximum Gasteiger partial charge on any atom is 0.466 e. The molecular formula is C18H38NaO4P. The van der Waals surface area contributed by atoms with Gasteiger partial charge >= 0.3 is 109 Å². The van der Waals surface area contributed by atoms with E-state index in [9.17, 15) is 0 Å². The van der Waals surface area contributed by atoms with Crippen molar-refractivity contribution in [1.82, 2.24) is 0 Å². The van der Waals surface area contributed by atoms with Crippen LogP contribution in [0.1, 0.15) is 96.8 Å². The summed E-state index contributed by atoms with van der Waals surface area (Å²) in [5.41, 5.74) is 0. The van der Waals surface area contributed by atoms with E-state index in [1.165, 1.54) is 121 Å². The minimum atomic E-state index is -4.64. The van der Waals surface area contributed by atoms with E-state index in [1.54, 1.807) is 0 Å². The van der Waals surface area contributed by atoms with Gasteiger partial charge in [-0.15, -0.1) is 0 Å². The molecule has 0 aliphatic rings. The van der Waals surface area contributed by atoms with Crippen molar-refractivity contribution in [3.63, 3.8) is 0 Å². The standard InChI is InChI=1S/C18H35.Na.H3O4P/c1-3-5-7-9-11-13-15-17-18-16-14-12-10-8-6-4-2;;1-5(2,3)4/h17-18H,1,3-16H2,2H3;;(H3,1,2,3,4)/b18-17-;;. The second-order valence-corrected chi connectivity index (χ2v) is 8.48. The van der Waals surface area contributed by atoms with Crippen LogP contribution in [0.5, 0.6) is 0 Å². The monoisotopic (exact) mass is 372 g/mol. The van der Waals surface area contributed by atoms with Crippen LogP contribution in [0, 0.1) is 0 Å². The quantitative estimate of drug-likeness (QED) is 0.149. The van der Waals surface area contributed by atoms with Gasteiger partial charge in [0.05, 0.1) is 0 Å². The summed E-state index contributed by atoms with van der Waals surface area (Å²) in [4.78, 5) is 21.6. The molecule has 0 aliphatic carbocycles. The molecule has 0 atom stereocenters. The van der Waals surface area contributed by atoms with Crippen LogP contribution in [-0.4, -0.2) is 42.6 Å². The summed E-state index contributed by atoms with van der Waals surface area (Å²) in [6, 6.07) is 0. The average Bonchev–Trinajstić information content (AvgIpc) is 2.49. The van der Waals surface area contributed by atoms with Gasteiger partial charge in [0.1, 0.15) is 0 Å². The van der Waals surface area contributed by atoms with Crippen molar-refractivity contribution >= 4 is 35.8 Å². The number of hydrogen-bond donors (Lipinski definition) is 3. The van der Waals surface area contributed by atoms with Crippen molar-refractivity contribution in [3.05, 3.63) is 12.2 Å². The Morgan fingerprint density at radius 1 is 0.708 bits per heavy atom. The van der Waals surface area contributed by atoms with Crippen molar-refractivity contribution in [2.24, 2.45) is 0 Å². The van der Waals surface area contributed by atoms with Gasteiger partial charge in [-0.05, 0) is 0 Å². The predicted molar refractivity (Wildman–Crippen MR) is 104 cm³/mol. The summed E-state index contributed by atoms with van der Waals surface area (Å²) in [7, 11) is -4.64. The minimum absolute atomic E-state index is 1.31. The Balaban J connectivity index is 0. The molecule has 0 rings (SSSR count). The van der Waals surface area contributed by atoms with Gasteiger partial charge in [-0.2, -0.15) is 0 Å². The van der Waals surface area contributed by atoms with E-state index in [4.69, 9.17) is 19.2 Å². The first-order valence-corrected chi connectivity index (χ1v) is 12.8. The van der Waals surface area contributed by atoms with Crippen molar-refractivity contribution < 1.29 is 19.2 Å². The summed E-state index contributed by atoms with van der Waals surface area (Å²) in [5.74, 6) is 0. The SMILES string of the molecule is CCCCCCCC/C=C\CCCCCCC[CH2][Na].O=P(O)(O)O. The van der Waals surface area contributed by atoms with E-state index in [0.29, 0.717) is 0 Å². The topological polar surface area (TPSA) is 77.8 Å². The third kappa shape index (κ3) is 38.4.